The summed E-state index contributed by atoms with van der Waals surface area (Å²) in [6, 6.07) is 1.78. The molecule has 2 aliphatic heterocycles. The van der Waals surface area contributed by atoms with Crippen LogP contribution in [0.25, 0.3) is 0 Å². The molecular weight excluding hydrogens is 382 g/mol. The lowest BCUT2D eigenvalue weighted by atomic mass is 9.98. The second-order valence-corrected chi connectivity index (χ2v) is 6.42. The highest BCUT2D eigenvalue weighted by molar-refractivity contribution is 6.01. The molecule has 0 aromatic heterocycles. The first kappa shape index (κ1) is 22.4. The molecule has 29 heavy (non-hydrogen) atoms. The molecule has 0 unspecified atom stereocenters. The van der Waals surface area contributed by atoms with Crippen molar-refractivity contribution >= 4 is 18.3 Å². The van der Waals surface area contributed by atoms with Crippen LogP contribution in [-0.4, -0.2) is 70.3 Å². The molecule has 2 heterocycles. The first-order valence-corrected chi connectivity index (χ1v) is 9.10. The molecule has 4 atom stereocenters. The highest BCUT2D eigenvalue weighted by Gasteiger charge is 2.58. The topological polar surface area (TPSA) is 163 Å². The Morgan fingerprint density at radius 2 is 2.24 bits per heavy atom. The first-order valence-electron chi connectivity index (χ1n) is 9.10. The van der Waals surface area contributed by atoms with E-state index in [9.17, 15) is 20.3 Å². The minimum absolute atomic E-state index is 0.0737. The Hall–Kier alpha value is -2.94. The van der Waals surface area contributed by atoms with Gasteiger partial charge in [-0.25, -0.2) is 14.8 Å². The number of hydrogen-bond donors (Lipinski definition) is 3. The molecule has 0 aromatic carbocycles. The van der Waals surface area contributed by atoms with Crippen LogP contribution in [0.5, 0.6) is 0 Å². The number of ether oxygens (including phenoxy) is 3. The maximum absolute atomic E-state index is 11.9. The minimum atomic E-state index is -2.03. The molecule has 4 N–H and O–H groups in total. The number of hydrogen-bond acceptors (Lipinski definition) is 11. The van der Waals surface area contributed by atoms with Crippen LogP contribution in [0, 0.1) is 11.3 Å². The fourth-order valence-corrected chi connectivity index (χ4v) is 2.88. The highest BCUT2D eigenvalue weighted by atomic mass is 16.7. The van der Waals surface area contributed by atoms with Gasteiger partial charge in [-0.05, 0) is 18.9 Å². The van der Waals surface area contributed by atoms with E-state index in [1.807, 2.05) is 13.8 Å². The largest absolute Gasteiger partial charge is 0.508 e. The van der Waals surface area contributed by atoms with Crippen molar-refractivity contribution in [3.8, 4) is 6.07 Å². The Morgan fingerprint density at radius 3 is 2.83 bits per heavy atom. The van der Waals surface area contributed by atoms with Gasteiger partial charge in [0.15, 0.2) is 12.1 Å². The fraction of sp³-hybridized carbons (Fsp3) is 0.556. The number of amidine groups is 1. The van der Waals surface area contributed by atoms with Crippen LogP contribution in [0.2, 0.25) is 0 Å². The lowest BCUT2D eigenvalue weighted by Crippen LogP contribution is -2.46. The first-order chi connectivity index (χ1) is 13.8. The number of carbonyl (C=O) groups excluding carboxylic acids is 1. The van der Waals surface area contributed by atoms with Crippen molar-refractivity contribution in [3.63, 3.8) is 0 Å². The molecule has 0 saturated carbocycles. The minimum Gasteiger partial charge on any atom is -0.431 e. The molecule has 0 bridgehead atoms. The number of aliphatic imine (C=N–C) groups is 1. The number of allylic oxidation sites excluding steroid dienone is 2. The van der Waals surface area contributed by atoms with Gasteiger partial charge in [-0.1, -0.05) is 26.5 Å². The summed E-state index contributed by atoms with van der Waals surface area (Å²) in [6.07, 6.45) is -0.638. The van der Waals surface area contributed by atoms with E-state index >= 15 is 0 Å². The maximum atomic E-state index is 11.9. The molecule has 11 heteroatoms. The van der Waals surface area contributed by atoms with Crippen LogP contribution in [-0.2, 0) is 14.2 Å². The van der Waals surface area contributed by atoms with Crippen molar-refractivity contribution in [2.75, 3.05) is 6.61 Å². The van der Waals surface area contributed by atoms with Crippen molar-refractivity contribution in [1.29, 1.82) is 5.26 Å². The van der Waals surface area contributed by atoms with E-state index in [0.29, 0.717) is 12.8 Å². The third-order valence-corrected chi connectivity index (χ3v) is 4.59. The average Bonchev–Trinajstić information content (AvgIpc) is 2.97. The van der Waals surface area contributed by atoms with Crippen LogP contribution >= 0.6 is 0 Å². The summed E-state index contributed by atoms with van der Waals surface area (Å²) in [4.78, 5) is 15.7. The van der Waals surface area contributed by atoms with E-state index in [0.717, 1.165) is 6.34 Å². The number of nitrogens with zero attached hydrogens (tertiary/aromatic N) is 4. The van der Waals surface area contributed by atoms with Gasteiger partial charge in [0.2, 0.25) is 5.60 Å². The number of hydrazone groups is 1. The maximum Gasteiger partial charge on any atom is 0.508 e. The zero-order valence-corrected chi connectivity index (χ0v) is 16.3. The lowest BCUT2D eigenvalue weighted by molar-refractivity contribution is -0.119. The summed E-state index contributed by atoms with van der Waals surface area (Å²) in [5, 5.41) is 35.7. The predicted molar refractivity (Wildman–Crippen MR) is 102 cm³/mol. The SMILES string of the molecule is C=C/C=C1/C(N)=NC=NN1[C@@H]1O[C@](C#N)(COC(=O)OC(CC)CC)[C@@H](O)[C@H]1O. The number of rotatable bonds is 7. The van der Waals surface area contributed by atoms with Crippen molar-refractivity contribution < 1.29 is 29.2 Å². The third-order valence-electron chi connectivity index (χ3n) is 4.59. The molecule has 2 aliphatic rings. The molecule has 2 rings (SSSR count). The Labute approximate surface area is 168 Å². The van der Waals surface area contributed by atoms with Gasteiger partial charge in [-0.2, -0.15) is 10.4 Å². The van der Waals surface area contributed by atoms with Gasteiger partial charge in [0.25, 0.3) is 0 Å². The van der Waals surface area contributed by atoms with Gasteiger partial charge in [-0.3, -0.25) is 0 Å². The van der Waals surface area contributed by atoms with E-state index in [4.69, 9.17) is 19.9 Å². The zero-order valence-electron chi connectivity index (χ0n) is 16.3. The molecule has 0 spiro atoms. The van der Waals surface area contributed by atoms with Crippen LogP contribution in [0.3, 0.4) is 0 Å². The number of aliphatic hydroxyl groups is 2. The van der Waals surface area contributed by atoms with Crippen LogP contribution in [0.15, 0.2) is 34.5 Å². The number of nitriles is 1. The Morgan fingerprint density at radius 1 is 1.55 bits per heavy atom. The molecule has 11 nitrogen and oxygen atoms in total. The third kappa shape index (κ3) is 4.56. The molecule has 0 amide bonds. The second kappa shape index (κ2) is 9.51. The van der Waals surface area contributed by atoms with Gasteiger partial charge in [0.1, 0.15) is 43.0 Å². The molecule has 1 saturated heterocycles. The summed E-state index contributed by atoms with van der Waals surface area (Å²) in [7, 11) is 0. The molecule has 0 aromatic rings. The second-order valence-electron chi connectivity index (χ2n) is 6.42. The smallest absolute Gasteiger partial charge is 0.431 e. The highest BCUT2D eigenvalue weighted by Crippen LogP contribution is 2.35. The fourth-order valence-electron chi connectivity index (χ4n) is 2.88. The van der Waals surface area contributed by atoms with Gasteiger partial charge < -0.3 is 30.2 Å². The molecular formula is C18H25N5O6. The van der Waals surface area contributed by atoms with Crippen molar-refractivity contribution in [2.45, 2.75) is 56.8 Å². The lowest BCUT2D eigenvalue weighted by Gasteiger charge is -2.30. The van der Waals surface area contributed by atoms with Crippen molar-refractivity contribution in [1.82, 2.24) is 5.01 Å². The van der Waals surface area contributed by atoms with Crippen LogP contribution in [0.1, 0.15) is 26.7 Å². The predicted octanol–water partition coefficient (Wildman–Crippen LogP) is 0.355. The van der Waals surface area contributed by atoms with E-state index in [-0.39, 0.29) is 17.6 Å². The van der Waals surface area contributed by atoms with Gasteiger partial charge >= 0.3 is 6.16 Å². The van der Waals surface area contributed by atoms with E-state index in [1.165, 1.54) is 17.2 Å². The molecule has 158 valence electrons. The number of aliphatic hydroxyl groups excluding tert-OH is 2. The van der Waals surface area contributed by atoms with Crippen LogP contribution in [0.4, 0.5) is 4.79 Å². The Balaban J connectivity index is 2.17. The van der Waals surface area contributed by atoms with Gasteiger partial charge in [0.05, 0.1) is 0 Å². The monoisotopic (exact) mass is 407 g/mol. The van der Waals surface area contributed by atoms with E-state index in [1.54, 1.807) is 6.07 Å². The summed E-state index contributed by atoms with van der Waals surface area (Å²) in [5.41, 5.74) is 4.04. The number of nitrogens with two attached hydrogens (primary N) is 1. The summed E-state index contributed by atoms with van der Waals surface area (Å²) in [5.74, 6) is 0.0737. The average molecular weight is 407 g/mol. The quantitative estimate of drug-likeness (QED) is 0.505. The Kier molecular flexibility index (Phi) is 7.33. The van der Waals surface area contributed by atoms with Gasteiger partial charge in [-0.15, -0.1) is 0 Å². The summed E-state index contributed by atoms with van der Waals surface area (Å²) >= 11 is 0. The van der Waals surface area contributed by atoms with Crippen molar-refractivity contribution in [2.24, 2.45) is 15.8 Å². The standard InChI is InChI=1S/C18H25N5O6/c1-4-7-12-15(20)21-10-22-23(12)16-13(24)14(25)18(8-19,29-16)9-27-17(26)28-11(5-2)6-3/h4,7,10-11,13-14,16,24-25H,1,5-6,9H2,2-3H3,(H2,20,21,22)/b12-7-/t13-,14+,16-,18-/m1/s1. The zero-order chi connectivity index (χ0) is 21.6. The van der Waals surface area contributed by atoms with Crippen LogP contribution < -0.4 is 5.73 Å². The molecule has 0 aliphatic carbocycles. The summed E-state index contributed by atoms with van der Waals surface area (Å²) < 4.78 is 15.7. The summed E-state index contributed by atoms with van der Waals surface area (Å²) in [6.45, 7) is 6.62. The molecule has 0 radical (unpaired) electrons. The van der Waals surface area contributed by atoms with E-state index in [2.05, 4.69) is 16.7 Å². The Bertz CT molecular complexity index is 756. The van der Waals surface area contributed by atoms with Gasteiger partial charge in [0, 0.05) is 0 Å². The molecule has 1 fully saturated rings. The number of carbonyl (C=O) groups is 1. The van der Waals surface area contributed by atoms with Crippen molar-refractivity contribution in [3.05, 3.63) is 24.4 Å². The normalized spacial score (nSPS) is 30.2. The van der Waals surface area contributed by atoms with E-state index < -0.39 is 36.8 Å².